The molecule has 0 spiro atoms. The number of halogens is 1. The first-order valence-electron chi connectivity index (χ1n) is 4.72. The summed E-state index contributed by atoms with van der Waals surface area (Å²) in [5.41, 5.74) is 0.215. The molecular formula is C12H10ClNO3. The van der Waals surface area contributed by atoms with E-state index in [1.807, 2.05) is 0 Å². The van der Waals surface area contributed by atoms with E-state index in [1.165, 1.54) is 24.5 Å². The highest BCUT2D eigenvalue weighted by atomic mass is 35.5. The van der Waals surface area contributed by atoms with Crippen molar-refractivity contribution in [1.29, 1.82) is 0 Å². The monoisotopic (exact) mass is 251 g/mol. The molecule has 0 unspecified atom stereocenters. The van der Waals surface area contributed by atoms with Crippen LogP contribution in [0.1, 0.15) is 10.4 Å². The first-order chi connectivity index (χ1) is 8.09. The third kappa shape index (κ3) is 4.99. The minimum Gasteiger partial charge on any atom is -0.619 e. The third-order valence-corrected chi connectivity index (χ3v) is 1.99. The Morgan fingerprint density at radius 1 is 1.18 bits per heavy atom. The van der Waals surface area contributed by atoms with Gasteiger partial charge in [-0.05, 0) is 18.2 Å². The van der Waals surface area contributed by atoms with Crippen molar-refractivity contribution in [2.45, 2.75) is 0 Å². The van der Waals surface area contributed by atoms with Gasteiger partial charge in [0.1, 0.15) is 0 Å². The summed E-state index contributed by atoms with van der Waals surface area (Å²) in [4.78, 5) is 10.3. The SMILES string of the molecule is O=C(O)c1cccc(Cl)c1.[O-][n+]1ccccc1. The van der Waals surface area contributed by atoms with Crippen molar-refractivity contribution < 1.29 is 14.6 Å². The maximum Gasteiger partial charge on any atom is 0.335 e. The van der Waals surface area contributed by atoms with E-state index >= 15 is 0 Å². The summed E-state index contributed by atoms with van der Waals surface area (Å²) in [5, 5.41) is 19.1. The van der Waals surface area contributed by atoms with Crippen molar-refractivity contribution in [1.82, 2.24) is 0 Å². The van der Waals surface area contributed by atoms with Crippen molar-refractivity contribution >= 4 is 17.6 Å². The second-order valence-electron chi connectivity index (χ2n) is 3.05. The number of aromatic carboxylic acids is 1. The molecule has 1 heterocycles. The summed E-state index contributed by atoms with van der Waals surface area (Å²) < 4.78 is 0.750. The second kappa shape index (κ2) is 6.50. The van der Waals surface area contributed by atoms with Gasteiger partial charge in [0, 0.05) is 17.2 Å². The molecule has 0 aliphatic rings. The van der Waals surface area contributed by atoms with Gasteiger partial charge in [-0.3, -0.25) is 0 Å². The first kappa shape index (κ1) is 13.0. The molecule has 0 aliphatic carbocycles. The molecule has 0 bridgehead atoms. The molecule has 2 rings (SSSR count). The summed E-state index contributed by atoms with van der Waals surface area (Å²) in [6.45, 7) is 0. The van der Waals surface area contributed by atoms with Crippen molar-refractivity contribution in [2.24, 2.45) is 0 Å². The molecule has 0 saturated heterocycles. The van der Waals surface area contributed by atoms with E-state index in [4.69, 9.17) is 16.7 Å². The molecule has 17 heavy (non-hydrogen) atoms. The Morgan fingerprint density at radius 3 is 2.18 bits per heavy atom. The van der Waals surface area contributed by atoms with Crippen LogP contribution in [0.5, 0.6) is 0 Å². The maximum atomic E-state index is 10.3. The molecule has 2 aromatic rings. The summed E-state index contributed by atoms with van der Waals surface area (Å²) in [5.74, 6) is -0.956. The van der Waals surface area contributed by atoms with E-state index in [9.17, 15) is 10.0 Å². The fourth-order valence-corrected chi connectivity index (χ4v) is 1.19. The molecule has 0 aliphatic heterocycles. The van der Waals surface area contributed by atoms with Crippen molar-refractivity contribution in [3.8, 4) is 0 Å². The lowest BCUT2D eigenvalue weighted by molar-refractivity contribution is -0.605. The standard InChI is InChI=1S/C7H5ClO2.C5H5NO/c8-6-3-1-2-5(4-6)7(9)10;7-6-4-2-1-3-5-6/h1-4H,(H,9,10);1-5H. The third-order valence-electron chi connectivity index (χ3n) is 1.76. The molecule has 4 nitrogen and oxygen atoms in total. The Labute approximate surface area is 103 Å². The lowest BCUT2D eigenvalue weighted by atomic mass is 10.2. The van der Waals surface area contributed by atoms with Crippen molar-refractivity contribution in [3.63, 3.8) is 0 Å². The van der Waals surface area contributed by atoms with Crippen molar-refractivity contribution in [2.75, 3.05) is 0 Å². The lowest BCUT2D eigenvalue weighted by Crippen LogP contribution is -2.22. The highest BCUT2D eigenvalue weighted by Gasteiger charge is 2.00. The summed E-state index contributed by atoms with van der Waals surface area (Å²) >= 11 is 5.53. The van der Waals surface area contributed by atoms with Crippen LogP contribution in [0.4, 0.5) is 0 Å². The van der Waals surface area contributed by atoms with Crippen LogP contribution in [-0.2, 0) is 0 Å². The molecule has 5 heteroatoms. The number of benzene rings is 1. The van der Waals surface area contributed by atoms with E-state index in [2.05, 4.69) is 0 Å². The molecular weight excluding hydrogens is 242 g/mol. The van der Waals surface area contributed by atoms with Gasteiger partial charge in [0.2, 0.25) is 0 Å². The Balaban J connectivity index is 0.000000181. The van der Waals surface area contributed by atoms with Crippen LogP contribution in [0.15, 0.2) is 54.9 Å². The predicted octanol–water partition coefficient (Wildman–Crippen LogP) is 2.36. The number of pyridine rings is 1. The van der Waals surface area contributed by atoms with Gasteiger partial charge < -0.3 is 10.3 Å². The maximum absolute atomic E-state index is 10.3. The highest BCUT2D eigenvalue weighted by Crippen LogP contribution is 2.09. The zero-order chi connectivity index (χ0) is 12.7. The molecule has 88 valence electrons. The van der Waals surface area contributed by atoms with E-state index in [0.717, 1.165) is 4.73 Å². The number of carbonyl (C=O) groups is 1. The Morgan fingerprint density at radius 2 is 1.82 bits per heavy atom. The normalized spacial score (nSPS) is 9.00. The number of rotatable bonds is 1. The molecule has 1 N–H and O–H groups in total. The summed E-state index contributed by atoms with van der Waals surface area (Å²) in [6, 6.07) is 11.3. The van der Waals surface area contributed by atoms with Crippen LogP contribution in [0.25, 0.3) is 0 Å². The number of carboxylic acid groups (broad SMARTS) is 1. The summed E-state index contributed by atoms with van der Waals surface area (Å²) in [7, 11) is 0. The Kier molecular flexibility index (Phi) is 4.97. The van der Waals surface area contributed by atoms with Gasteiger partial charge in [-0.15, -0.1) is 0 Å². The Hall–Kier alpha value is -2.07. The first-order valence-corrected chi connectivity index (χ1v) is 5.10. The zero-order valence-corrected chi connectivity index (χ0v) is 9.54. The van der Waals surface area contributed by atoms with Crippen LogP contribution in [0.2, 0.25) is 5.02 Å². The van der Waals surface area contributed by atoms with Gasteiger partial charge in [0.25, 0.3) is 0 Å². The topological polar surface area (TPSA) is 64.2 Å². The number of hydrogen-bond donors (Lipinski definition) is 1. The molecule has 0 atom stereocenters. The number of nitrogens with zero attached hydrogens (tertiary/aromatic N) is 1. The Bertz CT molecular complexity index is 488. The molecule has 1 aromatic carbocycles. The van der Waals surface area contributed by atoms with Crippen molar-refractivity contribution in [3.05, 3.63) is 70.7 Å². The average Bonchev–Trinajstić information content (AvgIpc) is 2.31. The largest absolute Gasteiger partial charge is 0.619 e. The quantitative estimate of drug-likeness (QED) is 0.625. The highest BCUT2D eigenvalue weighted by molar-refractivity contribution is 6.30. The van der Waals surface area contributed by atoms with E-state index in [-0.39, 0.29) is 5.56 Å². The smallest absolute Gasteiger partial charge is 0.335 e. The van der Waals surface area contributed by atoms with Gasteiger partial charge in [0.05, 0.1) is 5.56 Å². The average molecular weight is 252 g/mol. The van der Waals surface area contributed by atoms with Gasteiger partial charge in [-0.25, -0.2) is 4.79 Å². The molecule has 0 amide bonds. The van der Waals surface area contributed by atoms with Crippen LogP contribution >= 0.6 is 11.6 Å². The van der Waals surface area contributed by atoms with Gasteiger partial charge >= 0.3 is 5.97 Å². The molecule has 0 saturated carbocycles. The summed E-state index contributed by atoms with van der Waals surface area (Å²) in [6.07, 6.45) is 2.89. The molecule has 1 aromatic heterocycles. The molecule has 0 radical (unpaired) electrons. The lowest BCUT2D eigenvalue weighted by Gasteiger charge is -1.92. The van der Waals surface area contributed by atoms with Crippen LogP contribution in [0.3, 0.4) is 0 Å². The minimum atomic E-state index is -0.956. The van der Waals surface area contributed by atoms with Gasteiger partial charge in [0.15, 0.2) is 12.4 Å². The number of carboxylic acids is 1. The second-order valence-corrected chi connectivity index (χ2v) is 3.49. The van der Waals surface area contributed by atoms with Crippen LogP contribution in [-0.4, -0.2) is 11.1 Å². The minimum absolute atomic E-state index is 0.215. The number of hydrogen-bond acceptors (Lipinski definition) is 2. The van der Waals surface area contributed by atoms with Gasteiger partial charge in [-0.2, -0.15) is 4.73 Å². The van der Waals surface area contributed by atoms with Crippen LogP contribution < -0.4 is 4.73 Å². The zero-order valence-electron chi connectivity index (χ0n) is 8.79. The molecule has 0 fully saturated rings. The van der Waals surface area contributed by atoms with Crippen LogP contribution in [0, 0.1) is 5.21 Å². The van der Waals surface area contributed by atoms with E-state index in [1.54, 1.807) is 30.3 Å². The van der Waals surface area contributed by atoms with E-state index in [0.29, 0.717) is 5.02 Å². The fraction of sp³-hybridized carbons (Fsp3) is 0. The fourth-order valence-electron chi connectivity index (χ4n) is 1.00. The number of aromatic nitrogens is 1. The predicted molar refractivity (Wildman–Crippen MR) is 63.8 cm³/mol. The van der Waals surface area contributed by atoms with Gasteiger partial charge in [-0.1, -0.05) is 23.7 Å². The van der Waals surface area contributed by atoms with E-state index < -0.39 is 5.97 Å².